The smallest absolute Gasteiger partial charge is 0.0958 e. The minimum atomic E-state index is -0.336. The van der Waals surface area contributed by atoms with E-state index in [4.69, 9.17) is 4.74 Å². The van der Waals surface area contributed by atoms with E-state index >= 15 is 0 Å². The molecule has 3 nitrogen and oxygen atoms in total. The summed E-state index contributed by atoms with van der Waals surface area (Å²) in [6, 6.07) is 10.1. The van der Waals surface area contributed by atoms with Gasteiger partial charge in [-0.25, -0.2) is 4.98 Å². The van der Waals surface area contributed by atoms with Gasteiger partial charge in [-0.1, -0.05) is 30.3 Å². The van der Waals surface area contributed by atoms with Gasteiger partial charge in [-0.05, 0) is 6.42 Å². The SMILES string of the molecule is OC(Cc1nc(-c2ccccc2)cs1)C1CCOC1. The summed E-state index contributed by atoms with van der Waals surface area (Å²) in [5.41, 5.74) is 2.12. The summed E-state index contributed by atoms with van der Waals surface area (Å²) in [6.07, 6.45) is 1.25. The van der Waals surface area contributed by atoms with Crippen molar-refractivity contribution in [3.8, 4) is 11.3 Å². The fraction of sp³-hybridized carbons (Fsp3) is 0.400. The van der Waals surface area contributed by atoms with Crippen LogP contribution in [0.3, 0.4) is 0 Å². The zero-order valence-electron chi connectivity index (χ0n) is 10.7. The number of thiazole rings is 1. The Morgan fingerprint density at radius 2 is 2.21 bits per heavy atom. The number of nitrogens with zero attached hydrogens (tertiary/aromatic N) is 1. The molecule has 0 radical (unpaired) electrons. The average Bonchev–Trinajstić information content (AvgIpc) is 3.11. The Balaban J connectivity index is 1.68. The minimum absolute atomic E-state index is 0.268. The van der Waals surface area contributed by atoms with Gasteiger partial charge in [0.05, 0.1) is 23.4 Å². The molecule has 1 aliphatic rings. The molecule has 4 heteroatoms. The van der Waals surface area contributed by atoms with Crippen LogP contribution in [-0.4, -0.2) is 29.4 Å². The van der Waals surface area contributed by atoms with Gasteiger partial charge in [-0.15, -0.1) is 11.3 Å². The molecule has 0 saturated carbocycles. The van der Waals surface area contributed by atoms with Crippen LogP contribution < -0.4 is 0 Å². The third kappa shape index (κ3) is 3.03. The highest BCUT2D eigenvalue weighted by molar-refractivity contribution is 7.09. The fourth-order valence-corrected chi connectivity index (χ4v) is 3.20. The second-order valence-corrected chi connectivity index (χ2v) is 5.83. The van der Waals surface area contributed by atoms with Crippen molar-refractivity contribution < 1.29 is 9.84 Å². The maximum atomic E-state index is 10.2. The van der Waals surface area contributed by atoms with Crippen molar-refractivity contribution in [3.63, 3.8) is 0 Å². The number of aliphatic hydroxyl groups is 1. The summed E-state index contributed by atoms with van der Waals surface area (Å²) in [5, 5.41) is 13.2. The Morgan fingerprint density at radius 3 is 2.95 bits per heavy atom. The quantitative estimate of drug-likeness (QED) is 0.933. The van der Waals surface area contributed by atoms with Crippen molar-refractivity contribution >= 4 is 11.3 Å². The molecule has 1 aliphatic heterocycles. The van der Waals surface area contributed by atoms with Crippen molar-refractivity contribution in [2.45, 2.75) is 18.9 Å². The van der Waals surface area contributed by atoms with Crippen LogP contribution in [0.2, 0.25) is 0 Å². The lowest BCUT2D eigenvalue weighted by molar-refractivity contribution is 0.0918. The molecule has 1 aromatic heterocycles. The Morgan fingerprint density at radius 1 is 1.37 bits per heavy atom. The van der Waals surface area contributed by atoms with E-state index in [0.29, 0.717) is 13.0 Å². The molecule has 2 heterocycles. The minimum Gasteiger partial charge on any atom is -0.392 e. The van der Waals surface area contributed by atoms with E-state index in [9.17, 15) is 5.11 Å². The van der Waals surface area contributed by atoms with Crippen molar-refractivity contribution in [2.24, 2.45) is 5.92 Å². The highest BCUT2D eigenvalue weighted by Crippen LogP contribution is 2.25. The van der Waals surface area contributed by atoms with Gasteiger partial charge in [-0.2, -0.15) is 0 Å². The number of aliphatic hydroxyl groups excluding tert-OH is 1. The van der Waals surface area contributed by atoms with Crippen molar-refractivity contribution in [2.75, 3.05) is 13.2 Å². The molecule has 1 saturated heterocycles. The Bertz CT molecular complexity index is 520. The van der Waals surface area contributed by atoms with Crippen LogP contribution in [-0.2, 0) is 11.2 Å². The van der Waals surface area contributed by atoms with Gasteiger partial charge in [0.1, 0.15) is 0 Å². The zero-order chi connectivity index (χ0) is 13.1. The number of hydrogen-bond donors (Lipinski definition) is 1. The molecule has 3 rings (SSSR count). The van der Waals surface area contributed by atoms with Gasteiger partial charge in [0.25, 0.3) is 0 Å². The first-order chi connectivity index (χ1) is 9.33. The van der Waals surface area contributed by atoms with E-state index in [1.54, 1.807) is 11.3 Å². The van der Waals surface area contributed by atoms with E-state index in [1.807, 2.05) is 18.2 Å². The topological polar surface area (TPSA) is 42.4 Å². The summed E-state index contributed by atoms with van der Waals surface area (Å²) in [4.78, 5) is 4.61. The third-order valence-corrected chi connectivity index (χ3v) is 4.39. The summed E-state index contributed by atoms with van der Waals surface area (Å²) in [7, 11) is 0. The predicted molar refractivity (Wildman–Crippen MR) is 76.2 cm³/mol. The lowest BCUT2D eigenvalue weighted by Crippen LogP contribution is -2.22. The molecule has 1 fully saturated rings. The second kappa shape index (κ2) is 5.82. The molecule has 0 aliphatic carbocycles. The summed E-state index contributed by atoms with van der Waals surface area (Å²) < 4.78 is 5.31. The normalized spacial score (nSPS) is 20.6. The first-order valence-corrected chi connectivity index (χ1v) is 7.46. The second-order valence-electron chi connectivity index (χ2n) is 4.89. The molecule has 0 bridgehead atoms. The average molecular weight is 275 g/mol. The van der Waals surface area contributed by atoms with E-state index in [1.165, 1.54) is 0 Å². The first-order valence-electron chi connectivity index (χ1n) is 6.58. The van der Waals surface area contributed by atoms with Gasteiger partial charge < -0.3 is 9.84 Å². The zero-order valence-corrected chi connectivity index (χ0v) is 11.5. The van der Waals surface area contributed by atoms with Gasteiger partial charge in [0, 0.05) is 29.9 Å². The first kappa shape index (κ1) is 12.8. The highest BCUT2D eigenvalue weighted by atomic mass is 32.1. The molecule has 19 heavy (non-hydrogen) atoms. The predicted octanol–water partition coefficient (Wildman–Crippen LogP) is 2.75. The summed E-state index contributed by atoms with van der Waals surface area (Å²) in [5.74, 6) is 0.268. The van der Waals surface area contributed by atoms with Gasteiger partial charge in [-0.3, -0.25) is 0 Å². The van der Waals surface area contributed by atoms with Crippen LogP contribution >= 0.6 is 11.3 Å². The largest absolute Gasteiger partial charge is 0.392 e. The molecule has 100 valence electrons. The maximum Gasteiger partial charge on any atom is 0.0958 e. The lowest BCUT2D eigenvalue weighted by atomic mass is 9.99. The number of rotatable bonds is 4. The monoisotopic (exact) mass is 275 g/mol. The molecule has 2 unspecified atom stereocenters. The number of aromatic nitrogens is 1. The Hall–Kier alpha value is -1.23. The number of benzene rings is 1. The standard InChI is InChI=1S/C15H17NO2S/c17-14(12-6-7-18-9-12)8-15-16-13(10-19-15)11-4-2-1-3-5-11/h1-5,10,12,14,17H,6-9H2. The molecular formula is C15H17NO2S. The fourth-order valence-electron chi connectivity index (χ4n) is 2.35. The van der Waals surface area contributed by atoms with Crippen LogP contribution in [0.25, 0.3) is 11.3 Å². The van der Waals surface area contributed by atoms with Crippen LogP contribution in [0, 0.1) is 5.92 Å². The van der Waals surface area contributed by atoms with E-state index in [0.717, 1.165) is 29.3 Å². The maximum absolute atomic E-state index is 10.2. The molecule has 0 amide bonds. The van der Waals surface area contributed by atoms with E-state index < -0.39 is 0 Å². The van der Waals surface area contributed by atoms with E-state index in [-0.39, 0.29) is 12.0 Å². The van der Waals surface area contributed by atoms with E-state index in [2.05, 4.69) is 22.5 Å². The Kier molecular flexibility index (Phi) is 3.92. The number of ether oxygens (including phenoxy) is 1. The van der Waals surface area contributed by atoms with Gasteiger partial charge >= 0.3 is 0 Å². The van der Waals surface area contributed by atoms with Crippen LogP contribution in [0.15, 0.2) is 35.7 Å². The third-order valence-electron chi connectivity index (χ3n) is 3.51. The van der Waals surface area contributed by atoms with Crippen molar-refractivity contribution in [1.82, 2.24) is 4.98 Å². The van der Waals surface area contributed by atoms with Gasteiger partial charge in [0.2, 0.25) is 0 Å². The van der Waals surface area contributed by atoms with Crippen LogP contribution in [0.4, 0.5) is 0 Å². The van der Waals surface area contributed by atoms with Crippen LogP contribution in [0.5, 0.6) is 0 Å². The molecular weight excluding hydrogens is 258 g/mol. The number of hydrogen-bond acceptors (Lipinski definition) is 4. The van der Waals surface area contributed by atoms with Crippen molar-refractivity contribution in [1.29, 1.82) is 0 Å². The summed E-state index contributed by atoms with van der Waals surface area (Å²) >= 11 is 1.62. The molecule has 1 aromatic carbocycles. The van der Waals surface area contributed by atoms with Gasteiger partial charge in [0.15, 0.2) is 0 Å². The molecule has 2 atom stereocenters. The highest BCUT2D eigenvalue weighted by Gasteiger charge is 2.24. The molecule has 2 aromatic rings. The van der Waals surface area contributed by atoms with Crippen LogP contribution in [0.1, 0.15) is 11.4 Å². The summed E-state index contributed by atoms with van der Waals surface area (Å²) in [6.45, 7) is 1.45. The van der Waals surface area contributed by atoms with Crippen molar-refractivity contribution in [3.05, 3.63) is 40.7 Å². The molecule has 0 spiro atoms. The molecule has 1 N–H and O–H groups in total. The Labute approximate surface area is 116 Å². The lowest BCUT2D eigenvalue weighted by Gasteiger charge is -2.14.